The second-order valence-corrected chi connectivity index (χ2v) is 11.1. The molecule has 0 bridgehead atoms. The Labute approximate surface area is 180 Å². The van der Waals surface area contributed by atoms with Gasteiger partial charge in [0.2, 0.25) is 5.91 Å². The Morgan fingerprint density at radius 2 is 2.10 bits per heavy atom. The number of amides is 1. The number of carbonyl (C=O) groups is 1. The van der Waals surface area contributed by atoms with Gasteiger partial charge in [-0.25, -0.2) is 13.4 Å². The summed E-state index contributed by atoms with van der Waals surface area (Å²) in [4.78, 5) is 18.0. The highest BCUT2D eigenvalue weighted by molar-refractivity contribution is 7.91. The number of piperidine rings is 1. The molecule has 0 aliphatic carbocycles. The molecule has 30 heavy (non-hydrogen) atoms. The van der Waals surface area contributed by atoms with Crippen molar-refractivity contribution in [1.82, 2.24) is 19.2 Å². The van der Waals surface area contributed by atoms with Crippen LogP contribution in [0.1, 0.15) is 24.1 Å². The standard InChI is InChI=1S/C21H26N4O3S2/c1-16-9-10-20(29-16)30(27,28)25-13-4-6-17(14-25)21(26)22-11-5-12-24-15-23-18-7-2-3-8-19(18)24/h2-3,7-10,15,17H,4-6,11-14H2,1H3,(H,22,26). The molecule has 160 valence electrons. The average Bonchev–Trinajstić information content (AvgIpc) is 3.38. The first-order chi connectivity index (χ1) is 14.4. The van der Waals surface area contributed by atoms with Crippen LogP contribution in [0.5, 0.6) is 0 Å². The van der Waals surface area contributed by atoms with Crippen molar-refractivity contribution in [3.05, 3.63) is 47.6 Å². The zero-order valence-corrected chi connectivity index (χ0v) is 18.6. The molecule has 7 nitrogen and oxygen atoms in total. The number of para-hydroxylation sites is 2. The number of hydrogen-bond donors (Lipinski definition) is 1. The van der Waals surface area contributed by atoms with E-state index in [0.29, 0.717) is 30.1 Å². The number of sulfonamides is 1. The molecule has 1 unspecified atom stereocenters. The lowest BCUT2D eigenvalue weighted by molar-refractivity contribution is -0.126. The number of thiophene rings is 1. The number of nitrogens with one attached hydrogen (secondary N) is 1. The molecule has 1 aromatic carbocycles. The molecule has 3 aromatic rings. The molecule has 0 spiro atoms. The van der Waals surface area contributed by atoms with E-state index in [2.05, 4.69) is 14.9 Å². The van der Waals surface area contributed by atoms with Crippen LogP contribution in [0.3, 0.4) is 0 Å². The molecule has 2 aromatic heterocycles. The molecular formula is C21H26N4O3S2. The predicted molar refractivity (Wildman–Crippen MR) is 118 cm³/mol. The lowest BCUT2D eigenvalue weighted by Gasteiger charge is -2.30. The molecule has 4 rings (SSSR count). The average molecular weight is 447 g/mol. The minimum Gasteiger partial charge on any atom is -0.356 e. The fourth-order valence-corrected chi connectivity index (χ4v) is 6.81. The van der Waals surface area contributed by atoms with Crippen molar-refractivity contribution in [2.24, 2.45) is 5.92 Å². The van der Waals surface area contributed by atoms with Crippen LogP contribution < -0.4 is 5.32 Å². The van der Waals surface area contributed by atoms with Crippen molar-refractivity contribution < 1.29 is 13.2 Å². The van der Waals surface area contributed by atoms with E-state index < -0.39 is 10.0 Å². The van der Waals surface area contributed by atoms with Gasteiger partial charge in [-0.15, -0.1) is 11.3 Å². The third-order valence-corrected chi connectivity index (χ3v) is 8.80. The predicted octanol–water partition coefficient (Wildman–Crippen LogP) is 3.01. The molecule has 1 saturated heterocycles. The fourth-order valence-electron chi connectivity index (χ4n) is 3.85. The molecule has 1 amide bonds. The van der Waals surface area contributed by atoms with Crippen LogP contribution in [-0.4, -0.2) is 47.8 Å². The van der Waals surface area contributed by atoms with Crippen LogP contribution >= 0.6 is 11.3 Å². The molecule has 0 radical (unpaired) electrons. The first-order valence-electron chi connectivity index (χ1n) is 10.2. The molecule has 1 atom stereocenters. The summed E-state index contributed by atoms with van der Waals surface area (Å²) in [5, 5.41) is 2.99. The maximum Gasteiger partial charge on any atom is 0.252 e. The lowest BCUT2D eigenvalue weighted by Crippen LogP contribution is -2.45. The van der Waals surface area contributed by atoms with Crippen LogP contribution in [0.2, 0.25) is 0 Å². The number of imidazole rings is 1. The highest BCUT2D eigenvalue weighted by Gasteiger charge is 2.33. The Morgan fingerprint density at radius 1 is 1.27 bits per heavy atom. The number of benzene rings is 1. The summed E-state index contributed by atoms with van der Waals surface area (Å²) in [7, 11) is -3.52. The number of carbonyl (C=O) groups excluding carboxylic acids is 1. The van der Waals surface area contributed by atoms with Gasteiger partial charge in [0.25, 0.3) is 10.0 Å². The monoisotopic (exact) mass is 446 g/mol. The Balaban J connectivity index is 1.29. The number of aryl methyl sites for hydroxylation is 2. The van der Waals surface area contributed by atoms with E-state index in [4.69, 9.17) is 0 Å². The minimum atomic E-state index is -3.52. The molecule has 1 aliphatic rings. The van der Waals surface area contributed by atoms with Gasteiger partial charge in [0.05, 0.1) is 23.3 Å². The Morgan fingerprint density at radius 3 is 2.90 bits per heavy atom. The molecule has 1 fully saturated rings. The fraction of sp³-hybridized carbons (Fsp3) is 0.429. The molecule has 1 aliphatic heterocycles. The maximum absolute atomic E-state index is 12.9. The normalized spacial score (nSPS) is 18.0. The second kappa shape index (κ2) is 8.87. The van der Waals surface area contributed by atoms with Gasteiger partial charge in [-0.05, 0) is 50.5 Å². The first-order valence-corrected chi connectivity index (χ1v) is 12.4. The van der Waals surface area contributed by atoms with Crippen molar-refractivity contribution >= 4 is 38.3 Å². The Kier molecular flexibility index (Phi) is 6.21. The van der Waals surface area contributed by atoms with E-state index in [1.807, 2.05) is 43.6 Å². The summed E-state index contributed by atoms with van der Waals surface area (Å²) in [6, 6.07) is 11.4. The van der Waals surface area contributed by atoms with Crippen molar-refractivity contribution in [1.29, 1.82) is 0 Å². The lowest BCUT2D eigenvalue weighted by atomic mass is 9.99. The van der Waals surface area contributed by atoms with Crippen LogP contribution in [0, 0.1) is 12.8 Å². The number of hydrogen-bond acceptors (Lipinski definition) is 5. The number of fused-ring (bicyclic) bond motifs is 1. The van der Waals surface area contributed by atoms with E-state index in [1.54, 1.807) is 6.07 Å². The van der Waals surface area contributed by atoms with Gasteiger partial charge >= 0.3 is 0 Å². The zero-order valence-electron chi connectivity index (χ0n) is 17.0. The summed E-state index contributed by atoms with van der Waals surface area (Å²) in [6.07, 6.45) is 4.02. The maximum atomic E-state index is 12.9. The number of nitrogens with zero attached hydrogens (tertiary/aromatic N) is 3. The smallest absolute Gasteiger partial charge is 0.252 e. The molecule has 3 heterocycles. The van der Waals surface area contributed by atoms with Gasteiger partial charge in [0.15, 0.2) is 0 Å². The number of rotatable bonds is 7. The van der Waals surface area contributed by atoms with E-state index in [0.717, 1.165) is 28.9 Å². The summed E-state index contributed by atoms with van der Waals surface area (Å²) in [5.41, 5.74) is 2.05. The summed E-state index contributed by atoms with van der Waals surface area (Å²) in [6.45, 7) is 3.93. The van der Waals surface area contributed by atoms with Crippen molar-refractivity contribution in [3.8, 4) is 0 Å². The largest absolute Gasteiger partial charge is 0.356 e. The highest BCUT2D eigenvalue weighted by Crippen LogP contribution is 2.28. The molecule has 1 N–H and O–H groups in total. The first kappa shape index (κ1) is 21.0. The number of aromatic nitrogens is 2. The Hall–Kier alpha value is -2.23. The third-order valence-electron chi connectivity index (χ3n) is 5.47. The van der Waals surface area contributed by atoms with Gasteiger partial charge in [0.1, 0.15) is 4.21 Å². The van der Waals surface area contributed by atoms with Crippen LogP contribution in [0.4, 0.5) is 0 Å². The third kappa shape index (κ3) is 4.43. The van der Waals surface area contributed by atoms with Gasteiger partial charge in [0, 0.05) is 31.1 Å². The Bertz CT molecular complexity index is 1140. The molecule has 0 saturated carbocycles. The topological polar surface area (TPSA) is 84.3 Å². The van der Waals surface area contributed by atoms with Gasteiger partial charge in [-0.1, -0.05) is 12.1 Å². The second-order valence-electron chi connectivity index (χ2n) is 7.64. The summed E-state index contributed by atoms with van der Waals surface area (Å²) >= 11 is 1.28. The highest BCUT2D eigenvalue weighted by atomic mass is 32.2. The minimum absolute atomic E-state index is 0.0623. The van der Waals surface area contributed by atoms with Crippen LogP contribution in [-0.2, 0) is 21.4 Å². The summed E-state index contributed by atoms with van der Waals surface area (Å²) in [5.74, 6) is -0.364. The van der Waals surface area contributed by atoms with Gasteiger partial charge < -0.3 is 9.88 Å². The quantitative estimate of drug-likeness (QED) is 0.566. The van der Waals surface area contributed by atoms with Crippen LogP contribution in [0.25, 0.3) is 11.0 Å². The van der Waals surface area contributed by atoms with E-state index in [9.17, 15) is 13.2 Å². The van der Waals surface area contributed by atoms with E-state index in [-0.39, 0.29) is 18.4 Å². The molecular weight excluding hydrogens is 420 g/mol. The molecule has 9 heteroatoms. The SMILES string of the molecule is Cc1ccc(S(=O)(=O)N2CCCC(C(=O)NCCCn3cnc4ccccc43)C2)s1. The van der Waals surface area contributed by atoms with Gasteiger partial charge in [-0.2, -0.15) is 4.31 Å². The zero-order chi connectivity index (χ0) is 21.1. The summed E-state index contributed by atoms with van der Waals surface area (Å²) < 4.78 is 29.6. The van der Waals surface area contributed by atoms with E-state index in [1.165, 1.54) is 15.6 Å². The van der Waals surface area contributed by atoms with Crippen molar-refractivity contribution in [2.45, 2.75) is 36.9 Å². The van der Waals surface area contributed by atoms with Crippen LogP contribution in [0.15, 0.2) is 46.9 Å². The van der Waals surface area contributed by atoms with Crippen molar-refractivity contribution in [3.63, 3.8) is 0 Å². The van der Waals surface area contributed by atoms with Gasteiger partial charge in [-0.3, -0.25) is 4.79 Å². The van der Waals surface area contributed by atoms with E-state index >= 15 is 0 Å². The van der Waals surface area contributed by atoms with Crippen molar-refractivity contribution in [2.75, 3.05) is 19.6 Å².